The van der Waals surface area contributed by atoms with Crippen LogP contribution in [0.3, 0.4) is 0 Å². The molecule has 1 amide bonds. The highest BCUT2D eigenvalue weighted by atomic mass is 32.1. The molecular weight excluding hydrogens is 388 g/mol. The molecular formula is C21H30N4O3S. The number of carbonyl (C=O) groups excluding carboxylic acids is 1. The van der Waals surface area contributed by atoms with Gasteiger partial charge in [0.25, 0.3) is 0 Å². The third-order valence-corrected chi connectivity index (χ3v) is 6.56. The maximum atomic E-state index is 11.0. The molecule has 8 heteroatoms. The maximum absolute atomic E-state index is 11.0. The second kappa shape index (κ2) is 9.26. The van der Waals surface area contributed by atoms with Crippen LogP contribution in [-0.4, -0.2) is 54.3 Å². The van der Waals surface area contributed by atoms with Gasteiger partial charge in [0.15, 0.2) is 5.13 Å². The summed E-state index contributed by atoms with van der Waals surface area (Å²) in [4.78, 5) is 23.8. The van der Waals surface area contributed by atoms with Crippen LogP contribution in [0.25, 0.3) is 10.3 Å². The van der Waals surface area contributed by atoms with Crippen molar-refractivity contribution in [1.29, 1.82) is 0 Å². The van der Waals surface area contributed by atoms with Gasteiger partial charge in [-0.1, -0.05) is 11.3 Å². The molecule has 1 atom stereocenters. The van der Waals surface area contributed by atoms with Crippen molar-refractivity contribution in [2.45, 2.75) is 58.1 Å². The Balaban J connectivity index is 1.22. The van der Waals surface area contributed by atoms with E-state index >= 15 is 0 Å². The summed E-state index contributed by atoms with van der Waals surface area (Å²) in [6, 6.07) is 3.98. The molecule has 0 radical (unpaired) electrons. The van der Waals surface area contributed by atoms with E-state index in [1.54, 1.807) is 11.3 Å². The van der Waals surface area contributed by atoms with Gasteiger partial charge in [-0.05, 0) is 51.0 Å². The normalized spacial score (nSPS) is 22.9. The number of anilines is 1. The average molecular weight is 419 g/mol. The number of amides is 1. The monoisotopic (exact) mass is 418 g/mol. The largest absolute Gasteiger partial charge is 0.477 e. The van der Waals surface area contributed by atoms with Gasteiger partial charge in [-0.25, -0.2) is 9.97 Å². The fourth-order valence-corrected chi connectivity index (χ4v) is 4.89. The Hall–Kier alpha value is -1.93. The fraction of sp³-hybridized carbons (Fsp3) is 0.667. The Bertz CT molecular complexity index is 830. The lowest BCUT2D eigenvalue weighted by molar-refractivity contribution is -0.120. The van der Waals surface area contributed by atoms with Crippen LogP contribution in [0.5, 0.6) is 5.88 Å². The van der Waals surface area contributed by atoms with Crippen LogP contribution in [0.4, 0.5) is 5.13 Å². The van der Waals surface area contributed by atoms with E-state index in [0.717, 1.165) is 41.4 Å². The minimum Gasteiger partial charge on any atom is -0.477 e. The van der Waals surface area contributed by atoms with E-state index in [1.165, 1.54) is 26.2 Å². The lowest BCUT2D eigenvalue weighted by Crippen LogP contribution is -2.40. The summed E-state index contributed by atoms with van der Waals surface area (Å²) in [7, 11) is 0. The molecule has 4 rings (SSSR count). The molecule has 1 saturated carbocycles. The van der Waals surface area contributed by atoms with E-state index in [9.17, 15) is 4.79 Å². The predicted octanol–water partition coefficient (Wildman–Crippen LogP) is 3.38. The number of fused-ring (bicyclic) bond motifs is 1. The van der Waals surface area contributed by atoms with Gasteiger partial charge < -0.3 is 19.7 Å². The highest BCUT2D eigenvalue weighted by Crippen LogP contribution is 2.32. The number of hydrogen-bond donors (Lipinski definition) is 1. The summed E-state index contributed by atoms with van der Waals surface area (Å²) in [5.41, 5.74) is 0.952. The van der Waals surface area contributed by atoms with Crippen LogP contribution in [0, 0.1) is 5.92 Å². The number of aromatic nitrogens is 2. The molecule has 1 aliphatic heterocycles. The van der Waals surface area contributed by atoms with E-state index in [1.807, 2.05) is 19.1 Å². The molecule has 158 valence electrons. The van der Waals surface area contributed by atoms with Crippen molar-refractivity contribution in [3.63, 3.8) is 0 Å². The third kappa shape index (κ3) is 5.36. The van der Waals surface area contributed by atoms with Crippen LogP contribution >= 0.6 is 11.3 Å². The zero-order valence-electron chi connectivity index (χ0n) is 17.2. The number of hydrogen-bond acceptors (Lipinski definition) is 7. The zero-order valence-corrected chi connectivity index (χ0v) is 18.0. The Kier molecular flexibility index (Phi) is 6.50. The van der Waals surface area contributed by atoms with Gasteiger partial charge in [0.2, 0.25) is 11.8 Å². The third-order valence-electron chi connectivity index (χ3n) is 5.54. The highest BCUT2D eigenvalue weighted by molar-refractivity contribution is 7.21. The van der Waals surface area contributed by atoms with E-state index in [4.69, 9.17) is 14.5 Å². The van der Waals surface area contributed by atoms with E-state index in [0.29, 0.717) is 25.0 Å². The number of ether oxygens (including phenoxy) is 2. The summed E-state index contributed by atoms with van der Waals surface area (Å²) in [6.45, 7) is 6.89. The molecule has 29 heavy (non-hydrogen) atoms. The molecule has 1 saturated heterocycles. The van der Waals surface area contributed by atoms with Crippen LogP contribution in [0.1, 0.15) is 46.0 Å². The summed E-state index contributed by atoms with van der Waals surface area (Å²) < 4.78 is 11.8. The minimum atomic E-state index is -0.0190. The Labute approximate surface area is 175 Å². The number of pyridine rings is 1. The second-order valence-electron chi connectivity index (χ2n) is 8.22. The van der Waals surface area contributed by atoms with E-state index < -0.39 is 0 Å². The summed E-state index contributed by atoms with van der Waals surface area (Å²) in [6.07, 6.45) is 6.07. The smallest absolute Gasteiger partial charge is 0.217 e. The topological polar surface area (TPSA) is 76.6 Å². The molecule has 2 aromatic heterocycles. The summed E-state index contributed by atoms with van der Waals surface area (Å²) >= 11 is 1.66. The standard InChI is InChI=1S/C21H30N4O3S/c1-14(22-15(2)26)12-27-17-10-16(11-17)13-28-19-7-6-18-20(24-19)29-21(23-18)25-8-4-3-5-9-25/h6-7,14,16-17H,3-5,8-13H2,1-2H3,(H,22,26)/t14-,16-,17-/m0/s1. The second-order valence-corrected chi connectivity index (χ2v) is 9.18. The van der Waals surface area contributed by atoms with Crippen molar-refractivity contribution in [2.24, 2.45) is 5.92 Å². The first-order valence-corrected chi connectivity index (χ1v) is 11.4. The molecule has 0 spiro atoms. The summed E-state index contributed by atoms with van der Waals surface area (Å²) in [5.74, 6) is 1.16. The molecule has 2 aromatic rings. The quantitative estimate of drug-likeness (QED) is 0.708. The van der Waals surface area contributed by atoms with E-state index in [2.05, 4.69) is 15.2 Å². The van der Waals surface area contributed by atoms with Gasteiger partial charge >= 0.3 is 0 Å². The number of piperidine rings is 1. The zero-order chi connectivity index (χ0) is 20.2. The number of nitrogens with one attached hydrogen (secondary N) is 1. The Morgan fingerprint density at radius 2 is 2.07 bits per heavy atom. The molecule has 2 aliphatic rings. The van der Waals surface area contributed by atoms with Crippen LogP contribution in [0.2, 0.25) is 0 Å². The number of nitrogens with zero attached hydrogens (tertiary/aromatic N) is 3. The lowest BCUT2D eigenvalue weighted by Gasteiger charge is -2.35. The molecule has 3 heterocycles. The van der Waals surface area contributed by atoms with E-state index in [-0.39, 0.29) is 18.1 Å². The lowest BCUT2D eigenvalue weighted by atomic mass is 9.83. The number of rotatable bonds is 8. The molecule has 1 aliphatic carbocycles. The highest BCUT2D eigenvalue weighted by Gasteiger charge is 2.31. The summed E-state index contributed by atoms with van der Waals surface area (Å²) in [5, 5.41) is 3.92. The van der Waals surface area contributed by atoms with Crippen molar-refractivity contribution in [1.82, 2.24) is 15.3 Å². The van der Waals surface area contributed by atoms with Crippen molar-refractivity contribution < 1.29 is 14.3 Å². The van der Waals surface area contributed by atoms with Crippen LogP contribution in [0.15, 0.2) is 12.1 Å². The maximum Gasteiger partial charge on any atom is 0.217 e. The van der Waals surface area contributed by atoms with Crippen LogP contribution in [-0.2, 0) is 9.53 Å². The number of carbonyl (C=O) groups is 1. The molecule has 0 bridgehead atoms. The van der Waals surface area contributed by atoms with Gasteiger partial charge in [-0.15, -0.1) is 0 Å². The minimum absolute atomic E-state index is 0.0190. The van der Waals surface area contributed by atoms with Crippen molar-refractivity contribution in [3.05, 3.63) is 12.1 Å². The molecule has 0 aromatic carbocycles. The van der Waals surface area contributed by atoms with Gasteiger partial charge in [0, 0.05) is 32.1 Å². The first-order chi connectivity index (χ1) is 14.1. The first-order valence-electron chi connectivity index (χ1n) is 10.6. The SMILES string of the molecule is CC(=O)N[C@@H](C)CO[C@H]1C[C@H](COc2ccc3nc(N4CCCCC4)sc3n2)C1. The first kappa shape index (κ1) is 20.3. The predicted molar refractivity (Wildman–Crippen MR) is 115 cm³/mol. The fourth-order valence-electron chi connectivity index (χ4n) is 3.91. The van der Waals surface area contributed by atoms with Crippen molar-refractivity contribution in [3.8, 4) is 5.88 Å². The van der Waals surface area contributed by atoms with Gasteiger partial charge in [-0.3, -0.25) is 4.79 Å². The molecule has 2 fully saturated rings. The molecule has 0 unspecified atom stereocenters. The molecule has 7 nitrogen and oxygen atoms in total. The van der Waals surface area contributed by atoms with Crippen molar-refractivity contribution >= 4 is 32.7 Å². The van der Waals surface area contributed by atoms with Crippen molar-refractivity contribution in [2.75, 3.05) is 31.2 Å². The van der Waals surface area contributed by atoms with Crippen LogP contribution < -0.4 is 15.0 Å². The Morgan fingerprint density at radius 3 is 2.83 bits per heavy atom. The Morgan fingerprint density at radius 1 is 1.28 bits per heavy atom. The van der Waals surface area contributed by atoms with Gasteiger partial charge in [-0.2, -0.15) is 0 Å². The number of thiazole rings is 1. The van der Waals surface area contributed by atoms with Gasteiger partial charge in [0.1, 0.15) is 10.3 Å². The average Bonchev–Trinajstić information content (AvgIpc) is 3.10. The molecule has 1 N–H and O–H groups in total. The van der Waals surface area contributed by atoms with Gasteiger partial charge in [0.05, 0.1) is 19.3 Å².